The Morgan fingerprint density at radius 3 is 2.48 bits per heavy atom. The van der Waals surface area contributed by atoms with Crippen molar-refractivity contribution >= 4 is 17.2 Å². The van der Waals surface area contributed by atoms with Crippen molar-refractivity contribution in [2.45, 2.75) is 19.6 Å². The highest BCUT2D eigenvalue weighted by atomic mass is 16.5. The number of oxazole rings is 1. The second-order valence-electron chi connectivity index (χ2n) is 7.44. The molecule has 4 aromatic rings. The van der Waals surface area contributed by atoms with Crippen molar-refractivity contribution in [1.29, 1.82) is 0 Å². The Balaban J connectivity index is 1.22. The molecular formula is C26H26N2O3. The lowest BCUT2D eigenvalue weighted by atomic mass is 10.1. The van der Waals surface area contributed by atoms with Gasteiger partial charge in [0.25, 0.3) is 0 Å². The molecule has 0 bridgehead atoms. The van der Waals surface area contributed by atoms with Gasteiger partial charge < -0.3 is 19.6 Å². The molecular weight excluding hydrogens is 388 g/mol. The van der Waals surface area contributed by atoms with Crippen molar-refractivity contribution < 1.29 is 13.9 Å². The van der Waals surface area contributed by atoms with Crippen molar-refractivity contribution in [2.75, 3.05) is 13.2 Å². The van der Waals surface area contributed by atoms with Crippen LogP contribution in [0.1, 0.15) is 18.1 Å². The number of hydrogen-bond donors (Lipinski definition) is 1. The van der Waals surface area contributed by atoms with Gasteiger partial charge in [-0.25, -0.2) is 4.98 Å². The Hall–Kier alpha value is -3.41. The Bertz CT molecular complexity index is 1100. The van der Waals surface area contributed by atoms with Crippen LogP contribution in [0.15, 0.2) is 89.0 Å². The van der Waals surface area contributed by atoms with E-state index in [0.717, 1.165) is 33.5 Å². The third-order valence-corrected chi connectivity index (χ3v) is 4.79. The van der Waals surface area contributed by atoms with Gasteiger partial charge in [-0.1, -0.05) is 54.6 Å². The average molecular weight is 415 g/mol. The Morgan fingerprint density at radius 1 is 0.968 bits per heavy atom. The Kier molecular flexibility index (Phi) is 6.77. The fourth-order valence-electron chi connectivity index (χ4n) is 3.18. The van der Waals surface area contributed by atoms with E-state index in [4.69, 9.17) is 19.6 Å². The second-order valence-corrected chi connectivity index (χ2v) is 7.44. The SMILES string of the molecule is CC(=Cc1ccccc1)OCC(N)COCc1ccc(-c2nc3ccccc3o2)cc1. The highest BCUT2D eigenvalue weighted by Gasteiger charge is 2.08. The van der Waals surface area contributed by atoms with Crippen LogP contribution in [-0.2, 0) is 16.1 Å². The van der Waals surface area contributed by atoms with Crippen molar-refractivity contribution in [3.05, 3.63) is 95.7 Å². The molecule has 1 atom stereocenters. The summed E-state index contributed by atoms with van der Waals surface area (Å²) in [7, 11) is 0. The maximum Gasteiger partial charge on any atom is 0.227 e. The van der Waals surface area contributed by atoms with Crippen molar-refractivity contribution in [3.8, 4) is 11.5 Å². The number of ether oxygens (including phenoxy) is 2. The quantitative estimate of drug-likeness (QED) is 0.371. The zero-order chi connectivity index (χ0) is 21.5. The minimum absolute atomic E-state index is 0.196. The molecule has 1 heterocycles. The molecule has 1 aromatic heterocycles. The summed E-state index contributed by atoms with van der Waals surface area (Å²) in [6, 6.07) is 25.6. The first-order valence-corrected chi connectivity index (χ1v) is 10.3. The zero-order valence-corrected chi connectivity index (χ0v) is 17.5. The van der Waals surface area contributed by atoms with Gasteiger partial charge in [-0.3, -0.25) is 0 Å². The molecule has 1 unspecified atom stereocenters. The molecule has 0 aliphatic rings. The summed E-state index contributed by atoms with van der Waals surface area (Å²) >= 11 is 0. The van der Waals surface area contributed by atoms with Gasteiger partial charge in [0.15, 0.2) is 5.58 Å². The largest absolute Gasteiger partial charge is 0.497 e. The maximum atomic E-state index is 6.12. The molecule has 5 nitrogen and oxygen atoms in total. The molecule has 0 saturated carbocycles. The van der Waals surface area contributed by atoms with Crippen molar-refractivity contribution in [1.82, 2.24) is 4.98 Å². The minimum Gasteiger partial charge on any atom is -0.497 e. The van der Waals surface area contributed by atoms with Crippen LogP contribution >= 0.6 is 0 Å². The van der Waals surface area contributed by atoms with Gasteiger partial charge in [0, 0.05) is 5.56 Å². The van der Waals surface area contributed by atoms with E-state index in [1.807, 2.05) is 91.9 Å². The topological polar surface area (TPSA) is 70.5 Å². The third-order valence-electron chi connectivity index (χ3n) is 4.79. The summed E-state index contributed by atoms with van der Waals surface area (Å²) in [6.45, 7) is 3.25. The van der Waals surface area contributed by atoms with E-state index < -0.39 is 0 Å². The molecule has 2 N–H and O–H groups in total. The maximum absolute atomic E-state index is 6.12. The molecule has 4 rings (SSSR count). The molecule has 5 heteroatoms. The molecule has 0 spiro atoms. The van der Waals surface area contributed by atoms with Crippen molar-refractivity contribution in [2.24, 2.45) is 5.73 Å². The fraction of sp³-hybridized carbons (Fsp3) is 0.192. The van der Waals surface area contributed by atoms with Crippen LogP contribution in [0, 0.1) is 0 Å². The number of nitrogens with zero attached hydrogens (tertiary/aromatic N) is 1. The number of hydrogen-bond acceptors (Lipinski definition) is 5. The van der Waals surface area contributed by atoms with Gasteiger partial charge in [-0.2, -0.15) is 0 Å². The van der Waals surface area contributed by atoms with Gasteiger partial charge in [0.05, 0.1) is 25.0 Å². The standard InChI is InChI=1S/C26H26N2O3/c1-19(15-20-7-3-2-4-8-20)30-18-23(27)17-29-16-21-11-13-22(14-12-21)26-28-24-9-5-6-10-25(24)31-26/h2-15,23H,16-18,27H2,1H3. The van der Waals surface area contributed by atoms with Crippen LogP contribution in [-0.4, -0.2) is 24.2 Å². The van der Waals surface area contributed by atoms with Crippen LogP contribution < -0.4 is 5.73 Å². The summed E-state index contributed by atoms with van der Waals surface area (Å²) < 4.78 is 17.3. The van der Waals surface area contributed by atoms with E-state index in [9.17, 15) is 0 Å². The van der Waals surface area contributed by atoms with E-state index in [2.05, 4.69) is 4.98 Å². The summed E-state index contributed by atoms with van der Waals surface area (Å²) in [5.74, 6) is 1.45. The molecule has 3 aromatic carbocycles. The Labute approximate surface area is 182 Å². The summed E-state index contributed by atoms with van der Waals surface area (Å²) in [4.78, 5) is 4.53. The summed E-state index contributed by atoms with van der Waals surface area (Å²) in [6.07, 6.45) is 1.99. The number of allylic oxidation sites excluding steroid dienone is 1. The number of nitrogens with two attached hydrogens (primary N) is 1. The number of fused-ring (bicyclic) bond motifs is 1. The fourth-order valence-corrected chi connectivity index (χ4v) is 3.18. The first-order valence-electron chi connectivity index (χ1n) is 10.3. The molecule has 0 saturated heterocycles. The van der Waals surface area contributed by atoms with E-state index in [1.54, 1.807) is 0 Å². The molecule has 31 heavy (non-hydrogen) atoms. The lowest BCUT2D eigenvalue weighted by Gasteiger charge is -2.14. The predicted molar refractivity (Wildman–Crippen MR) is 123 cm³/mol. The number of aromatic nitrogens is 1. The second kappa shape index (κ2) is 10.1. The first kappa shape index (κ1) is 20.8. The lowest BCUT2D eigenvalue weighted by Crippen LogP contribution is -2.31. The Morgan fingerprint density at radius 2 is 1.71 bits per heavy atom. The number of rotatable bonds is 9. The minimum atomic E-state index is -0.196. The van der Waals surface area contributed by atoms with Gasteiger partial charge >= 0.3 is 0 Å². The summed E-state index contributed by atoms with van der Waals surface area (Å²) in [5.41, 5.74) is 10.9. The van der Waals surface area contributed by atoms with Gasteiger partial charge in [0.2, 0.25) is 5.89 Å². The molecule has 0 aliphatic carbocycles. The van der Waals surface area contributed by atoms with Gasteiger partial charge in [-0.15, -0.1) is 0 Å². The van der Waals surface area contributed by atoms with Crippen LogP contribution in [0.3, 0.4) is 0 Å². The molecule has 0 aliphatic heterocycles. The van der Waals surface area contributed by atoms with E-state index >= 15 is 0 Å². The lowest BCUT2D eigenvalue weighted by molar-refractivity contribution is 0.0816. The highest BCUT2D eigenvalue weighted by molar-refractivity contribution is 5.75. The van der Waals surface area contributed by atoms with Crippen LogP contribution in [0.2, 0.25) is 0 Å². The van der Waals surface area contributed by atoms with Crippen LogP contribution in [0.4, 0.5) is 0 Å². The first-order chi connectivity index (χ1) is 15.2. The van der Waals surface area contributed by atoms with E-state index in [1.165, 1.54) is 0 Å². The predicted octanol–water partition coefficient (Wildman–Crippen LogP) is 5.42. The number of benzene rings is 3. The third kappa shape index (κ3) is 5.81. The highest BCUT2D eigenvalue weighted by Crippen LogP contribution is 2.24. The average Bonchev–Trinajstić information content (AvgIpc) is 3.23. The molecule has 158 valence electrons. The van der Waals surface area contributed by atoms with Gasteiger partial charge in [0.1, 0.15) is 12.1 Å². The van der Waals surface area contributed by atoms with Crippen LogP contribution in [0.5, 0.6) is 0 Å². The van der Waals surface area contributed by atoms with Crippen LogP contribution in [0.25, 0.3) is 28.6 Å². The van der Waals surface area contributed by atoms with Gasteiger partial charge in [-0.05, 0) is 48.4 Å². The molecule has 0 amide bonds. The smallest absolute Gasteiger partial charge is 0.227 e. The monoisotopic (exact) mass is 414 g/mol. The number of para-hydroxylation sites is 2. The van der Waals surface area contributed by atoms with E-state index in [-0.39, 0.29) is 6.04 Å². The van der Waals surface area contributed by atoms with Crippen molar-refractivity contribution in [3.63, 3.8) is 0 Å². The molecule has 0 fully saturated rings. The van der Waals surface area contributed by atoms with E-state index in [0.29, 0.717) is 25.7 Å². The normalized spacial score (nSPS) is 12.8. The molecule has 0 radical (unpaired) electrons. The summed E-state index contributed by atoms with van der Waals surface area (Å²) in [5, 5.41) is 0. The zero-order valence-electron chi connectivity index (χ0n) is 17.5.